The summed E-state index contributed by atoms with van der Waals surface area (Å²) in [5.74, 6) is 0. The highest BCUT2D eigenvalue weighted by atomic mass is 15.0. The van der Waals surface area contributed by atoms with E-state index in [0.717, 1.165) is 0 Å². The van der Waals surface area contributed by atoms with E-state index in [2.05, 4.69) is 139 Å². The molecule has 5 rings (SSSR count). The van der Waals surface area contributed by atoms with Gasteiger partial charge in [-0.3, -0.25) is 0 Å². The predicted molar refractivity (Wildman–Crippen MR) is 133 cm³/mol. The van der Waals surface area contributed by atoms with Crippen LogP contribution in [-0.2, 0) is 7.05 Å². The van der Waals surface area contributed by atoms with E-state index < -0.39 is 0 Å². The number of hydrogen-bond acceptors (Lipinski definition) is 0. The van der Waals surface area contributed by atoms with E-state index in [1.807, 2.05) is 0 Å². The monoisotopic (exact) mass is 415 g/mol. The van der Waals surface area contributed by atoms with Crippen LogP contribution in [0.1, 0.15) is 11.1 Å². The smallest absolute Gasteiger partial charge is 0.229 e. The van der Waals surface area contributed by atoms with E-state index in [9.17, 15) is 0 Å². The SMILES string of the molecule is Cc1ccc(-c2c(C)ccn2-c2c(-c3ccccc3)cccc2-c2ccccc2)[n+](C)c1. The molecular formula is C30H27N2+. The quantitative estimate of drug-likeness (QED) is 0.282. The molecule has 2 nitrogen and oxygen atoms in total. The van der Waals surface area contributed by atoms with Crippen molar-refractivity contribution in [2.24, 2.45) is 7.05 Å². The van der Waals surface area contributed by atoms with Gasteiger partial charge in [0.25, 0.3) is 0 Å². The Kier molecular flexibility index (Phi) is 5.20. The van der Waals surface area contributed by atoms with Crippen molar-refractivity contribution in [1.29, 1.82) is 0 Å². The summed E-state index contributed by atoms with van der Waals surface area (Å²) in [5.41, 5.74) is 11.0. The summed E-state index contributed by atoms with van der Waals surface area (Å²) in [7, 11) is 2.13. The van der Waals surface area contributed by atoms with Crippen LogP contribution in [-0.4, -0.2) is 4.57 Å². The Morgan fingerprint density at radius 1 is 0.625 bits per heavy atom. The fourth-order valence-electron chi connectivity index (χ4n) is 4.54. The first-order valence-electron chi connectivity index (χ1n) is 11.0. The van der Waals surface area contributed by atoms with Crippen LogP contribution in [0, 0.1) is 13.8 Å². The van der Waals surface area contributed by atoms with Crippen LogP contribution in [0.4, 0.5) is 0 Å². The van der Waals surface area contributed by atoms with E-state index in [1.165, 1.54) is 50.5 Å². The molecule has 0 aliphatic rings. The van der Waals surface area contributed by atoms with E-state index >= 15 is 0 Å². The minimum absolute atomic E-state index is 1.19. The lowest BCUT2D eigenvalue weighted by Crippen LogP contribution is -2.31. The minimum atomic E-state index is 1.19. The summed E-state index contributed by atoms with van der Waals surface area (Å²) in [5, 5.41) is 0. The van der Waals surface area contributed by atoms with Crippen LogP contribution in [0.25, 0.3) is 39.3 Å². The van der Waals surface area contributed by atoms with Crippen LogP contribution in [0.3, 0.4) is 0 Å². The second-order valence-corrected chi connectivity index (χ2v) is 8.35. The van der Waals surface area contributed by atoms with Crippen molar-refractivity contribution in [3.05, 3.63) is 121 Å². The zero-order chi connectivity index (χ0) is 22.1. The van der Waals surface area contributed by atoms with Crippen LogP contribution in [0.5, 0.6) is 0 Å². The Morgan fingerprint density at radius 2 is 1.22 bits per heavy atom. The molecule has 32 heavy (non-hydrogen) atoms. The molecular weight excluding hydrogens is 388 g/mol. The lowest BCUT2D eigenvalue weighted by atomic mass is 9.95. The average molecular weight is 416 g/mol. The Bertz CT molecular complexity index is 1320. The molecule has 0 aliphatic carbocycles. The van der Waals surface area contributed by atoms with Crippen molar-refractivity contribution in [2.75, 3.05) is 0 Å². The van der Waals surface area contributed by atoms with Crippen LogP contribution >= 0.6 is 0 Å². The molecule has 0 aliphatic heterocycles. The molecule has 0 saturated heterocycles. The number of pyridine rings is 1. The van der Waals surface area contributed by atoms with Crippen molar-refractivity contribution in [3.63, 3.8) is 0 Å². The van der Waals surface area contributed by atoms with Gasteiger partial charge in [0.1, 0.15) is 12.7 Å². The minimum Gasteiger partial charge on any atom is -0.310 e. The molecule has 0 radical (unpaired) electrons. The summed E-state index contributed by atoms with van der Waals surface area (Å²) in [6.07, 6.45) is 4.39. The Labute approximate surface area is 190 Å². The number of benzene rings is 3. The molecule has 0 unspecified atom stereocenters. The summed E-state index contributed by atoms with van der Waals surface area (Å²) in [6.45, 7) is 4.33. The van der Waals surface area contributed by atoms with Gasteiger partial charge in [-0.25, -0.2) is 0 Å². The number of nitrogens with zero attached hydrogens (tertiary/aromatic N) is 2. The zero-order valence-electron chi connectivity index (χ0n) is 18.8. The maximum Gasteiger partial charge on any atom is 0.229 e. The van der Waals surface area contributed by atoms with Gasteiger partial charge in [0.2, 0.25) is 5.69 Å². The van der Waals surface area contributed by atoms with Gasteiger partial charge in [0.15, 0.2) is 6.20 Å². The molecule has 0 bridgehead atoms. The highest BCUT2D eigenvalue weighted by Gasteiger charge is 2.22. The molecule has 156 valence electrons. The molecule has 0 amide bonds. The Hall–Kier alpha value is -3.91. The van der Waals surface area contributed by atoms with Gasteiger partial charge in [-0.2, -0.15) is 4.57 Å². The lowest BCUT2D eigenvalue weighted by molar-refractivity contribution is -0.660. The summed E-state index contributed by atoms with van der Waals surface area (Å²) in [6, 6.07) is 34.6. The van der Waals surface area contributed by atoms with Crippen molar-refractivity contribution in [3.8, 4) is 39.3 Å². The summed E-state index contributed by atoms with van der Waals surface area (Å²) >= 11 is 0. The third kappa shape index (κ3) is 3.54. The summed E-state index contributed by atoms with van der Waals surface area (Å²) < 4.78 is 4.59. The molecule has 0 fully saturated rings. The first-order valence-corrected chi connectivity index (χ1v) is 11.0. The van der Waals surface area contributed by atoms with Gasteiger partial charge in [-0.15, -0.1) is 0 Å². The highest BCUT2D eigenvalue weighted by Crippen LogP contribution is 2.38. The van der Waals surface area contributed by atoms with Gasteiger partial charge in [0.05, 0.1) is 5.69 Å². The third-order valence-corrected chi connectivity index (χ3v) is 6.06. The van der Waals surface area contributed by atoms with Gasteiger partial charge in [-0.1, -0.05) is 78.9 Å². The second-order valence-electron chi connectivity index (χ2n) is 8.35. The summed E-state index contributed by atoms with van der Waals surface area (Å²) in [4.78, 5) is 0. The standard InChI is InChI=1S/C30H27N2/c1-22-17-18-28(31(3)21-22)29-23(2)19-20-32(29)30-26(24-11-6-4-7-12-24)15-10-16-27(30)25-13-8-5-9-14-25/h4-21H,1-3H3/q+1. The number of rotatable bonds is 4. The topological polar surface area (TPSA) is 8.81 Å². The van der Waals surface area contributed by atoms with Crippen LogP contribution in [0.2, 0.25) is 0 Å². The number of para-hydroxylation sites is 1. The highest BCUT2D eigenvalue weighted by molar-refractivity contribution is 5.86. The maximum absolute atomic E-state index is 2.37. The molecule has 3 aromatic carbocycles. The third-order valence-electron chi connectivity index (χ3n) is 6.06. The Balaban J connectivity index is 1.85. The second kappa shape index (κ2) is 8.32. The zero-order valence-corrected chi connectivity index (χ0v) is 18.8. The molecule has 2 heteroatoms. The van der Waals surface area contributed by atoms with Crippen LogP contribution in [0.15, 0.2) is 109 Å². The molecule has 0 atom stereocenters. The Morgan fingerprint density at radius 3 is 1.78 bits per heavy atom. The normalized spacial score (nSPS) is 11.0. The van der Waals surface area contributed by atoms with E-state index in [1.54, 1.807) is 0 Å². The van der Waals surface area contributed by atoms with Gasteiger partial charge < -0.3 is 4.57 Å². The predicted octanol–water partition coefficient (Wildman–Crippen LogP) is 6.92. The number of hydrogen-bond donors (Lipinski definition) is 0. The molecule has 0 saturated carbocycles. The fraction of sp³-hybridized carbons (Fsp3) is 0.100. The maximum atomic E-state index is 2.37. The lowest BCUT2D eigenvalue weighted by Gasteiger charge is -2.19. The largest absolute Gasteiger partial charge is 0.310 e. The van der Waals surface area contributed by atoms with Crippen LogP contribution < -0.4 is 4.57 Å². The molecule has 5 aromatic rings. The number of aryl methyl sites for hydroxylation is 3. The van der Waals surface area contributed by atoms with E-state index in [4.69, 9.17) is 0 Å². The molecule has 2 aromatic heterocycles. The van der Waals surface area contributed by atoms with Gasteiger partial charge in [-0.05, 0) is 42.7 Å². The van der Waals surface area contributed by atoms with Gasteiger partial charge in [0, 0.05) is 29.0 Å². The molecule has 2 heterocycles. The molecule has 0 spiro atoms. The van der Waals surface area contributed by atoms with E-state index in [0.29, 0.717) is 0 Å². The fourth-order valence-corrected chi connectivity index (χ4v) is 4.54. The average Bonchev–Trinajstić information content (AvgIpc) is 3.20. The first kappa shape index (κ1) is 20.0. The first-order chi connectivity index (χ1) is 15.6. The number of aromatic nitrogens is 2. The van der Waals surface area contributed by atoms with Crippen molar-refractivity contribution >= 4 is 0 Å². The van der Waals surface area contributed by atoms with E-state index in [-0.39, 0.29) is 0 Å². The van der Waals surface area contributed by atoms with Gasteiger partial charge >= 0.3 is 0 Å². The molecule has 0 N–H and O–H groups in total. The van der Waals surface area contributed by atoms with Crippen molar-refractivity contribution in [2.45, 2.75) is 13.8 Å². The van der Waals surface area contributed by atoms with Crippen molar-refractivity contribution in [1.82, 2.24) is 4.57 Å². The van der Waals surface area contributed by atoms with Crippen molar-refractivity contribution < 1.29 is 4.57 Å².